The summed E-state index contributed by atoms with van der Waals surface area (Å²) in [5.74, 6) is 1.09. The van der Waals surface area contributed by atoms with Gasteiger partial charge in [0.05, 0.1) is 30.2 Å². The van der Waals surface area contributed by atoms with Crippen LogP contribution in [0.2, 0.25) is 0 Å². The van der Waals surface area contributed by atoms with Gasteiger partial charge in [0.2, 0.25) is 0 Å². The number of hydrazone groups is 1. The number of carbonyl (C=O) groups is 1. The van der Waals surface area contributed by atoms with Crippen LogP contribution in [0.15, 0.2) is 34.4 Å². The molecule has 2 N–H and O–H groups in total. The van der Waals surface area contributed by atoms with Crippen molar-refractivity contribution in [1.82, 2.24) is 10.4 Å². The molecule has 0 spiro atoms. The minimum atomic E-state index is -0.332. The normalized spacial score (nSPS) is 15.1. The summed E-state index contributed by atoms with van der Waals surface area (Å²) in [7, 11) is 0. The van der Waals surface area contributed by atoms with Gasteiger partial charge in [0.1, 0.15) is 5.75 Å². The Labute approximate surface area is 168 Å². The molecule has 0 radical (unpaired) electrons. The summed E-state index contributed by atoms with van der Waals surface area (Å²) < 4.78 is 10.6. The molecule has 1 aliphatic heterocycles. The van der Waals surface area contributed by atoms with Gasteiger partial charge in [0, 0.05) is 22.7 Å². The lowest BCUT2D eigenvalue weighted by atomic mass is 10.1. The Morgan fingerprint density at radius 1 is 1.18 bits per heavy atom. The number of aromatic amines is 1. The number of thioether (sulfide) groups is 1. The minimum absolute atomic E-state index is 0.332. The molecule has 0 atom stereocenters. The predicted molar refractivity (Wildman–Crippen MR) is 113 cm³/mol. The number of esters is 1. The number of H-pyrrole nitrogens is 1. The van der Waals surface area contributed by atoms with Crippen LogP contribution in [-0.4, -0.2) is 40.8 Å². The zero-order valence-corrected chi connectivity index (χ0v) is 17.3. The first-order valence-electron chi connectivity index (χ1n) is 9.17. The molecule has 0 saturated carbocycles. The summed E-state index contributed by atoms with van der Waals surface area (Å²) in [6.45, 7) is 8.52. The summed E-state index contributed by atoms with van der Waals surface area (Å²) in [4.78, 5) is 20.2. The number of carbonyl (C=O) groups excluding carboxylic acids is 1. The van der Waals surface area contributed by atoms with Crippen LogP contribution in [0.5, 0.6) is 5.75 Å². The number of aryl methyl sites for hydroxylation is 2. The first kappa shape index (κ1) is 20.0. The SMILES string of the molecule is CCOC(=O)c1c(C)[nH]c(C)c1C1=NNC(=Nc2ccc(OCC)cc2)SC1. The van der Waals surface area contributed by atoms with Crippen LogP contribution >= 0.6 is 11.8 Å². The van der Waals surface area contributed by atoms with Gasteiger partial charge in [-0.15, -0.1) is 0 Å². The zero-order valence-electron chi connectivity index (χ0n) is 16.5. The van der Waals surface area contributed by atoms with Crippen molar-refractivity contribution < 1.29 is 14.3 Å². The standard InChI is InChI=1S/C20H24N4O3S/c1-5-26-15-9-7-14(8-10-15)22-20-24-23-16(11-28-20)17-12(3)21-13(4)18(17)19(25)27-6-2/h7-10,21H,5-6,11H2,1-4H3,(H,22,24). The molecular weight excluding hydrogens is 376 g/mol. The van der Waals surface area contributed by atoms with Crippen LogP contribution in [0.1, 0.15) is 41.2 Å². The Hall–Kier alpha value is -2.74. The second kappa shape index (κ2) is 8.97. The van der Waals surface area contributed by atoms with Gasteiger partial charge >= 0.3 is 5.97 Å². The zero-order chi connectivity index (χ0) is 20.1. The van der Waals surface area contributed by atoms with E-state index in [-0.39, 0.29) is 5.97 Å². The largest absolute Gasteiger partial charge is 0.494 e. The lowest BCUT2D eigenvalue weighted by Gasteiger charge is -2.16. The maximum atomic E-state index is 12.4. The second-order valence-corrected chi connectivity index (χ2v) is 7.11. The Morgan fingerprint density at radius 3 is 2.54 bits per heavy atom. The molecule has 3 rings (SSSR count). The molecule has 28 heavy (non-hydrogen) atoms. The highest BCUT2D eigenvalue weighted by Crippen LogP contribution is 2.25. The van der Waals surface area contributed by atoms with Gasteiger partial charge in [-0.05, 0) is 52.0 Å². The molecule has 1 aliphatic rings. The van der Waals surface area contributed by atoms with E-state index >= 15 is 0 Å². The molecule has 0 unspecified atom stereocenters. The molecule has 0 bridgehead atoms. The lowest BCUT2D eigenvalue weighted by molar-refractivity contribution is 0.0525. The highest BCUT2D eigenvalue weighted by Gasteiger charge is 2.26. The fourth-order valence-electron chi connectivity index (χ4n) is 3.00. The highest BCUT2D eigenvalue weighted by atomic mass is 32.2. The van der Waals surface area contributed by atoms with E-state index in [2.05, 4.69) is 20.5 Å². The van der Waals surface area contributed by atoms with Crippen LogP contribution in [0, 0.1) is 13.8 Å². The molecule has 7 nitrogen and oxygen atoms in total. The van der Waals surface area contributed by atoms with E-state index < -0.39 is 0 Å². The molecule has 8 heteroatoms. The van der Waals surface area contributed by atoms with Crippen LogP contribution < -0.4 is 10.2 Å². The number of hydrogen-bond donors (Lipinski definition) is 2. The lowest BCUT2D eigenvalue weighted by Crippen LogP contribution is -2.26. The monoisotopic (exact) mass is 400 g/mol. The van der Waals surface area contributed by atoms with Crippen LogP contribution in [0.4, 0.5) is 5.69 Å². The van der Waals surface area contributed by atoms with Crippen molar-refractivity contribution in [2.24, 2.45) is 10.1 Å². The Balaban J connectivity index is 1.79. The number of nitrogens with zero attached hydrogens (tertiary/aromatic N) is 2. The summed E-state index contributed by atoms with van der Waals surface area (Å²) in [6.07, 6.45) is 0. The maximum Gasteiger partial charge on any atom is 0.340 e. The molecule has 0 aliphatic carbocycles. The molecular formula is C20H24N4O3S. The average molecular weight is 401 g/mol. The first-order chi connectivity index (χ1) is 13.5. The number of nitrogens with one attached hydrogen (secondary N) is 2. The molecule has 148 valence electrons. The predicted octanol–water partition coefficient (Wildman–Crippen LogP) is 3.94. The summed E-state index contributed by atoms with van der Waals surface area (Å²) in [6, 6.07) is 7.58. The van der Waals surface area contributed by atoms with Crippen molar-refractivity contribution in [2.45, 2.75) is 27.7 Å². The fourth-order valence-corrected chi connectivity index (χ4v) is 3.77. The number of benzene rings is 1. The van der Waals surface area contributed by atoms with Gasteiger partial charge in [-0.1, -0.05) is 11.8 Å². The van der Waals surface area contributed by atoms with Gasteiger partial charge in [0.25, 0.3) is 0 Å². The van der Waals surface area contributed by atoms with Gasteiger partial charge in [-0.2, -0.15) is 5.10 Å². The Kier molecular flexibility index (Phi) is 6.41. The number of aromatic nitrogens is 1. The number of ether oxygens (including phenoxy) is 2. The van der Waals surface area contributed by atoms with E-state index in [1.807, 2.05) is 45.0 Å². The second-order valence-electron chi connectivity index (χ2n) is 6.15. The number of rotatable bonds is 6. The molecule has 1 aromatic heterocycles. The van der Waals surface area contributed by atoms with Gasteiger partial charge < -0.3 is 14.5 Å². The third-order valence-electron chi connectivity index (χ3n) is 4.15. The number of hydrogen-bond acceptors (Lipinski definition) is 6. The van der Waals surface area contributed by atoms with Crippen molar-refractivity contribution in [2.75, 3.05) is 19.0 Å². The Bertz CT molecular complexity index is 916. The van der Waals surface area contributed by atoms with Gasteiger partial charge in [-0.25, -0.2) is 9.79 Å². The molecule has 2 heterocycles. The van der Waals surface area contributed by atoms with E-state index in [9.17, 15) is 4.79 Å². The third kappa shape index (κ3) is 4.39. The maximum absolute atomic E-state index is 12.4. The van der Waals surface area contributed by atoms with Gasteiger partial charge in [0.15, 0.2) is 5.17 Å². The smallest absolute Gasteiger partial charge is 0.340 e. The van der Waals surface area contributed by atoms with Crippen LogP contribution in [0.25, 0.3) is 0 Å². The quantitative estimate of drug-likeness (QED) is 0.717. The van der Waals surface area contributed by atoms with Crippen LogP contribution in [-0.2, 0) is 4.74 Å². The molecule has 2 aromatic rings. The van der Waals surface area contributed by atoms with E-state index in [0.29, 0.717) is 29.7 Å². The summed E-state index contributed by atoms with van der Waals surface area (Å²) in [5, 5.41) is 5.17. The summed E-state index contributed by atoms with van der Waals surface area (Å²) >= 11 is 1.54. The highest BCUT2D eigenvalue weighted by molar-refractivity contribution is 8.14. The number of amidine groups is 1. The first-order valence-corrected chi connectivity index (χ1v) is 10.2. The van der Waals surface area contributed by atoms with Crippen molar-refractivity contribution in [3.8, 4) is 5.75 Å². The van der Waals surface area contributed by atoms with Crippen molar-refractivity contribution in [3.63, 3.8) is 0 Å². The van der Waals surface area contributed by atoms with Crippen molar-refractivity contribution in [3.05, 3.63) is 46.8 Å². The summed E-state index contributed by atoms with van der Waals surface area (Å²) in [5.41, 5.74) is 7.64. The topological polar surface area (TPSA) is 88.1 Å². The van der Waals surface area contributed by atoms with E-state index in [1.54, 1.807) is 6.92 Å². The molecule has 0 fully saturated rings. The van der Waals surface area contributed by atoms with E-state index in [0.717, 1.165) is 34.1 Å². The van der Waals surface area contributed by atoms with E-state index in [4.69, 9.17) is 9.47 Å². The van der Waals surface area contributed by atoms with E-state index in [1.165, 1.54) is 11.8 Å². The Morgan fingerprint density at radius 2 is 1.93 bits per heavy atom. The fraction of sp³-hybridized carbons (Fsp3) is 0.350. The third-order valence-corrected chi connectivity index (χ3v) is 5.03. The van der Waals surface area contributed by atoms with Crippen LogP contribution in [0.3, 0.4) is 0 Å². The molecule has 0 amide bonds. The average Bonchev–Trinajstić information content (AvgIpc) is 2.98. The number of aliphatic imine (C=N–C) groups is 1. The van der Waals surface area contributed by atoms with Crippen molar-refractivity contribution in [1.29, 1.82) is 0 Å². The van der Waals surface area contributed by atoms with Gasteiger partial charge in [-0.3, -0.25) is 5.43 Å². The molecule has 0 saturated heterocycles. The minimum Gasteiger partial charge on any atom is -0.494 e. The molecule has 1 aromatic carbocycles. The van der Waals surface area contributed by atoms with Crippen molar-refractivity contribution >= 4 is 34.3 Å².